The van der Waals surface area contributed by atoms with Gasteiger partial charge in [-0.05, 0) is 35.6 Å². The molecule has 21 heavy (non-hydrogen) atoms. The Morgan fingerprint density at radius 1 is 1.24 bits per heavy atom. The molecule has 0 saturated carbocycles. The van der Waals surface area contributed by atoms with Gasteiger partial charge in [-0.2, -0.15) is 13.2 Å². The largest absolute Gasteiger partial charge is 0.416 e. The Labute approximate surface area is 125 Å². The standard InChI is InChI=1S/C14H16F3N3S/c1-3-9-4-5-21-11(9)8-19-13-7-10(14(15,16)17)6-12(18-2)20-13/h4-7H,3,8H2,1-2H3,(H2,18,19,20). The van der Waals surface area contributed by atoms with Crippen LogP contribution < -0.4 is 10.6 Å². The molecular formula is C14H16F3N3S. The molecule has 7 heteroatoms. The Balaban J connectivity index is 2.19. The molecule has 0 unspecified atom stereocenters. The van der Waals surface area contributed by atoms with Crippen molar-refractivity contribution in [1.82, 2.24) is 4.98 Å². The summed E-state index contributed by atoms with van der Waals surface area (Å²) in [4.78, 5) is 5.22. The van der Waals surface area contributed by atoms with Crippen molar-refractivity contribution >= 4 is 23.0 Å². The minimum Gasteiger partial charge on any atom is -0.373 e. The molecule has 2 heterocycles. The minimum atomic E-state index is -4.39. The first-order chi connectivity index (χ1) is 9.94. The molecule has 0 spiro atoms. The predicted octanol–water partition coefficient (Wildman–Crippen LogP) is 4.38. The second-order valence-electron chi connectivity index (χ2n) is 4.45. The summed E-state index contributed by atoms with van der Waals surface area (Å²) in [6.07, 6.45) is -3.49. The van der Waals surface area contributed by atoms with Crippen molar-refractivity contribution in [3.63, 3.8) is 0 Å². The van der Waals surface area contributed by atoms with Crippen molar-refractivity contribution in [2.45, 2.75) is 26.1 Å². The molecule has 2 N–H and O–H groups in total. The monoisotopic (exact) mass is 315 g/mol. The van der Waals surface area contributed by atoms with E-state index >= 15 is 0 Å². The third-order valence-corrected chi connectivity index (χ3v) is 4.02. The van der Waals surface area contributed by atoms with E-state index in [4.69, 9.17) is 0 Å². The lowest BCUT2D eigenvalue weighted by Gasteiger charge is -2.12. The average molecular weight is 315 g/mol. The molecule has 0 aliphatic heterocycles. The quantitative estimate of drug-likeness (QED) is 0.860. The number of nitrogens with zero attached hydrogens (tertiary/aromatic N) is 1. The molecule has 3 nitrogen and oxygen atoms in total. The van der Waals surface area contributed by atoms with Crippen LogP contribution in [-0.4, -0.2) is 12.0 Å². The lowest BCUT2D eigenvalue weighted by atomic mass is 10.2. The average Bonchev–Trinajstić information content (AvgIpc) is 2.91. The van der Waals surface area contributed by atoms with Crippen molar-refractivity contribution < 1.29 is 13.2 Å². The molecule has 114 valence electrons. The Morgan fingerprint density at radius 2 is 1.95 bits per heavy atom. The number of thiophene rings is 1. The highest BCUT2D eigenvalue weighted by molar-refractivity contribution is 7.10. The molecule has 0 aliphatic rings. The van der Waals surface area contributed by atoms with Gasteiger partial charge in [0.05, 0.1) is 12.1 Å². The molecule has 2 aromatic rings. The van der Waals surface area contributed by atoms with Crippen LogP contribution >= 0.6 is 11.3 Å². The highest BCUT2D eigenvalue weighted by Gasteiger charge is 2.31. The van der Waals surface area contributed by atoms with E-state index < -0.39 is 11.7 Å². The Hall–Kier alpha value is -1.76. The molecule has 0 aliphatic carbocycles. The number of anilines is 2. The van der Waals surface area contributed by atoms with Crippen molar-refractivity contribution in [2.24, 2.45) is 0 Å². The van der Waals surface area contributed by atoms with Crippen LogP contribution in [0.5, 0.6) is 0 Å². The molecule has 2 rings (SSSR count). The van der Waals surface area contributed by atoms with Gasteiger partial charge in [0.15, 0.2) is 0 Å². The van der Waals surface area contributed by atoms with E-state index in [1.807, 2.05) is 18.4 Å². The lowest BCUT2D eigenvalue weighted by Crippen LogP contribution is -2.10. The Morgan fingerprint density at radius 3 is 2.57 bits per heavy atom. The molecule has 0 saturated heterocycles. The van der Waals surface area contributed by atoms with E-state index in [-0.39, 0.29) is 11.6 Å². The lowest BCUT2D eigenvalue weighted by molar-refractivity contribution is -0.137. The number of rotatable bonds is 5. The summed E-state index contributed by atoms with van der Waals surface area (Å²) in [5, 5.41) is 7.60. The van der Waals surface area contributed by atoms with Crippen LogP contribution in [-0.2, 0) is 19.1 Å². The maximum absolute atomic E-state index is 12.8. The van der Waals surface area contributed by atoms with Gasteiger partial charge in [-0.3, -0.25) is 0 Å². The van der Waals surface area contributed by atoms with Crippen LogP contribution in [0.2, 0.25) is 0 Å². The number of alkyl halides is 3. The Kier molecular flexibility index (Phi) is 4.72. The van der Waals surface area contributed by atoms with Crippen molar-refractivity contribution in [1.29, 1.82) is 0 Å². The van der Waals surface area contributed by atoms with Gasteiger partial charge >= 0.3 is 6.18 Å². The number of pyridine rings is 1. The van der Waals surface area contributed by atoms with Crippen LogP contribution in [0.4, 0.5) is 24.8 Å². The zero-order valence-corrected chi connectivity index (χ0v) is 12.5. The second-order valence-corrected chi connectivity index (χ2v) is 5.45. The van der Waals surface area contributed by atoms with E-state index in [2.05, 4.69) is 15.6 Å². The fraction of sp³-hybridized carbons (Fsp3) is 0.357. The molecule has 0 bridgehead atoms. The molecular weight excluding hydrogens is 299 g/mol. The fourth-order valence-corrected chi connectivity index (χ4v) is 2.84. The van der Waals surface area contributed by atoms with E-state index in [1.165, 1.54) is 5.56 Å². The summed E-state index contributed by atoms with van der Waals surface area (Å²) in [6.45, 7) is 2.52. The topological polar surface area (TPSA) is 37.0 Å². The van der Waals surface area contributed by atoms with Crippen molar-refractivity contribution in [2.75, 3.05) is 17.7 Å². The molecule has 0 radical (unpaired) electrons. The first kappa shape index (κ1) is 15.6. The number of hydrogen-bond acceptors (Lipinski definition) is 4. The predicted molar refractivity (Wildman–Crippen MR) is 79.8 cm³/mol. The molecule has 0 atom stereocenters. The maximum atomic E-state index is 12.8. The molecule has 0 fully saturated rings. The van der Waals surface area contributed by atoms with Crippen LogP contribution in [0.1, 0.15) is 22.9 Å². The zero-order chi connectivity index (χ0) is 15.5. The summed E-state index contributed by atoms with van der Waals surface area (Å²) in [6, 6.07) is 4.05. The molecule has 2 aromatic heterocycles. The van der Waals surface area contributed by atoms with Crippen molar-refractivity contribution in [3.05, 3.63) is 39.6 Å². The smallest absolute Gasteiger partial charge is 0.373 e. The van der Waals surface area contributed by atoms with Crippen LogP contribution in [0.15, 0.2) is 23.6 Å². The molecule has 0 amide bonds. The third kappa shape index (κ3) is 3.87. The van der Waals surface area contributed by atoms with Gasteiger partial charge in [-0.1, -0.05) is 6.92 Å². The van der Waals surface area contributed by atoms with Crippen LogP contribution in [0, 0.1) is 0 Å². The number of hydrogen-bond donors (Lipinski definition) is 2. The number of aromatic nitrogens is 1. The summed E-state index contributed by atoms with van der Waals surface area (Å²) in [5.74, 6) is 0.402. The summed E-state index contributed by atoms with van der Waals surface area (Å²) in [7, 11) is 1.54. The summed E-state index contributed by atoms with van der Waals surface area (Å²) in [5.41, 5.74) is 0.486. The van der Waals surface area contributed by atoms with Gasteiger partial charge in [0, 0.05) is 11.9 Å². The highest BCUT2D eigenvalue weighted by atomic mass is 32.1. The number of aryl methyl sites for hydroxylation is 1. The normalized spacial score (nSPS) is 11.5. The third-order valence-electron chi connectivity index (χ3n) is 3.06. The number of nitrogens with one attached hydrogen (secondary N) is 2. The van der Waals surface area contributed by atoms with Crippen LogP contribution in [0.3, 0.4) is 0 Å². The first-order valence-corrected chi connectivity index (χ1v) is 7.38. The van der Waals surface area contributed by atoms with Crippen LogP contribution in [0.25, 0.3) is 0 Å². The van der Waals surface area contributed by atoms with E-state index in [0.29, 0.717) is 6.54 Å². The van der Waals surface area contributed by atoms with E-state index in [1.54, 1.807) is 18.4 Å². The first-order valence-electron chi connectivity index (χ1n) is 6.50. The zero-order valence-electron chi connectivity index (χ0n) is 11.7. The SMILES string of the molecule is CCc1ccsc1CNc1cc(C(F)(F)F)cc(NC)n1. The van der Waals surface area contributed by atoms with Gasteiger partial charge in [-0.15, -0.1) is 11.3 Å². The second kappa shape index (κ2) is 6.34. The van der Waals surface area contributed by atoms with Gasteiger partial charge in [0.2, 0.25) is 0 Å². The van der Waals surface area contributed by atoms with Gasteiger partial charge in [0.1, 0.15) is 11.6 Å². The van der Waals surface area contributed by atoms with E-state index in [9.17, 15) is 13.2 Å². The van der Waals surface area contributed by atoms with Gasteiger partial charge in [-0.25, -0.2) is 4.98 Å². The highest BCUT2D eigenvalue weighted by Crippen LogP contribution is 2.32. The molecule has 0 aromatic carbocycles. The van der Waals surface area contributed by atoms with Gasteiger partial charge < -0.3 is 10.6 Å². The maximum Gasteiger partial charge on any atom is 0.416 e. The van der Waals surface area contributed by atoms with Crippen molar-refractivity contribution in [3.8, 4) is 0 Å². The summed E-state index contributed by atoms with van der Waals surface area (Å²) < 4.78 is 38.5. The Bertz CT molecular complexity index is 608. The minimum absolute atomic E-state index is 0.189. The van der Waals surface area contributed by atoms with E-state index in [0.717, 1.165) is 23.4 Å². The fourth-order valence-electron chi connectivity index (χ4n) is 1.92. The van der Waals surface area contributed by atoms with Gasteiger partial charge in [0.25, 0.3) is 0 Å². The number of halogens is 3. The summed E-state index contributed by atoms with van der Waals surface area (Å²) >= 11 is 1.58.